The first-order valence-electron chi connectivity index (χ1n) is 10.6. The van der Waals surface area contributed by atoms with Gasteiger partial charge in [0.05, 0.1) is 18.2 Å². The van der Waals surface area contributed by atoms with Crippen LogP contribution in [0.5, 0.6) is 5.75 Å². The van der Waals surface area contributed by atoms with E-state index in [4.69, 9.17) is 14.7 Å². The fourth-order valence-electron chi connectivity index (χ4n) is 3.41. The van der Waals surface area contributed by atoms with Gasteiger partial charge in [-0.25, -0.2) is 0 Å². The van der Waals surface area contributed by atoms with Crippen LogP contribution in [0.1, 0.15) is 17.0 Å². The summed E-state index contributed by atoms with van der Waals surface area (Å²) >= 11 is 1.58. The number of methoxy groups -OCH3 is 1. The molecule has 4 aromatic rings. The summed E-state index contributed by atoms with van der Waals surface area (Å²) in [6.07, 6.45) is 0. The molecule has 4 rings (SSSR count). The first-order valence-corrected chi connectivity index (χ1v) is 11.6. The minimum atomic E-state index is 0.297. The quantitative estimate of drug-likeness (QED) is 0.300. The zero-order valence-corrected chi connectivity index (χ0v) is 19.2. The van der Waals surface area contributed by atoms with Gasteiger partial charge in [0.15, 0.2) is 11.0 Å². The average Bonchev–Trinajstić information content (AvgIpc) is 3.27. The summed E-state index contributed by atoms with van der Waals surface area (Å²) in [5, 5.41) is 18.7. The third-order valence-electron chi connectivity index (χ3n) is 5.07. The van der Waals surface area contributed by atoms with Crippen molar-refractivity contribution < 1.29 is 9.47 Å². The van der Waals surface area contributed by atoms with Gasteiger partial charge in [0.25, 0.3) is 0 Å². The van der Waals surface area contributed by atoms with Gasteiger partial charge in [0.1, 0.15) is 12.4 Å². The van der Waals surface area contributed by atoms with E-state index in [1.54, 1.807) is 24.9 Å². The second-order valence-electron chi connectivity index (χ2n) is 7.29. The maximum Gasteiger partial charge on any atom is 0.191 e. The number of ether oxygens (including phenoxy) is 2. The van der Waals surface area contributed by atoms with E-state index in [0.29, 0.717) is 31.1 Å². The van der Waals surface area contributed by atoms with Crippen LogP contribution in [0, 0.1) is 11.3 Å². The predicted octanol–water partition coefficient (Wildman–Crippen LogP) is 5.33. The fraction of sp³-hybridized carbons (Fsp3) is 0.192. The summed E-state index contributed by atoms with van der Waals surface area (Å²) < 4.78 is 13.5. The summed E-state index contributed by atoms with van der Waals surface area (Å²) in [5.74, 6) is 2.23. The van der Waals surface area contributed by atoms with Gasteiger partial charge >= 0.3 is 0 Å². The first-order chi connectivity index (χ1) is 16.3. The molecule has 3 aromatic carbocycles. The molecule has 0 unspecified atom stereocenters. The van der Waals surface area contributed by atoms with Crippen LogP contribution in [-0.2, 0) is 23.6 Å². The van der Waals surface area contributed by atoms with E-state index < -0.39 is 0 Å². The Morgan fingerprint density at radius 1 is 0.970 bits per heavy atom. The van der Waals surface area contributed by atoms with Crippen LogP contribution < -0.4 is 4.74 Å². The highest BCUT2D eigenvalue weighted by molar-refractivity contribution is 7.98. The molecule has 0 N–H and O–H groups in total. The molecular formula is C26H24N4O2S. The Hall–Kier alpha value is -3.60. The van der Waals surface area contributed by atoms with Crippen molar-refractivity contribution in [2.45, 2.75) is 24.1 Å². The monoisotopic (exact) mass is 456 g/mol. The van der Waals surface area contributed by atoms with Crippen molar-refractivity contribution in [2.24, 2.45) is 0 Å². The number of rotatable bonds is 10. The molecule has 0 atom stereocenters. The van der Waals surface area contributed by atoms with Crippen LogP contribution in [0.3, 0.4) is 0 Å². The number of benzene rings is 3. The third kappa shape index (κ3) is 5.80. The van der Waals surface area contributed by atoms with Crippen LogP contribution >= 0.6 is 11.8 Å². The van der Waals surface area contributed by atoms with Gasteiger partial charge in [-0.15, -0.1) is 10.2 Å². The molecule has 33 heavy (non-hydrogen) atoms. The standard InChI is InChI=1S/C26H24N4O2S/c1-31-15-14-30-25(28-29-26(30)33-19-21-9-7-8-20(16-21)17-27)18-32-24-13-6-5-12-23(24)22-10-3-2-4-11-22/h2-13,16H,14-15,18-19H2,1H3. The Morgan fingerprint density at radius 3 is 2.61 bits per heavy atom. The van der Waals surface area contributed by atoms with E-state index in [1.807, 2.05) is 59.2 Å². The molecule has 1 aromatic heterocycles. The molecule has 0 aliphatic carbocycles. The van der Waals surface area contributed by atoms with Crippen LogP contribution in [-0.4, -0.2) is 28.5 Å². The molecule has 0 saturated heterocycles. The zero-order chi connectivity index (χ0) is 22.9. The first kappa shape index (κ1) is 22.6. The van der Waals surface area contributed by atoms with Crippen LogP contribution in [0.4, 0.5) is 0 Å². The Labute approximate surface area is 197 Å². The normalized spacial score (nSPS) is 10.7. The van der Waals surface area contributed by atoms with Crippen molar-refractivity contribution in [3.05, 3.63) is 95.8 Å². The highest BCUT2D eigenvalue weighted by atomic mass is 32.2. The van der Waals surface area contributed by atoms with Gasteiger partial charge in [0.2, 0.25) is 0 Å². The van der Waals surface area contributed by atoms with Gasteiger partial charge < -0.3 is 14.0 Å². The lowest BCUT2D eigenvalue weighted by Crippen LogP contribution is -2.12. The third-order valence-corrected chi connectivity index (χ3v) is 6.10. The number of nitrogens with zero attached hydrogens (tertiary/aromatic N) is 4. The second-order valence-corrected chi connectivity index (χ2v) is 8.24. The van der Waals surface area contributed by atoms with E-state index >= 15 is 0 Å². The SMILES string of the molecule is COCCn1c(COc2ccccc2-c2ccccc2)nnc1SCc1cccc(C#N)c1. The predicted molar refractivity (Wildman–Crippen MR) is 129 cm³/mol. The van der Waals surface area contributed by atoms with Crippen molar-refractivity contribution in [1.29, 1.82) is 5.26 Å². The van der Waals surface area contributed by atoms with Gasteiger partial charge in [-0.1, -0.05) is 72.4 Å². The molecule has 0 aliphatic heterocycles. The molecule has 6 nitrogen and oxygen atoms in total. The molecule has 0 saturated carbocycles. The van der Waals surface area contributed by atoms with Gasteiger partial charge in [-0.3, -0.25) is 0 Å². The van der Waals surface area contributed by atoms with Crippen molar-refractivity contribution in [3.8, 4) is 22.9 Å². The molecule has 1 heterocycles. The maximum atomic E-state index is 9.13. The van der Waals surface area contributed by atoms with Gasteiger partial charge in [0, 0.05) is 25.0 Å². The lowest BCUT2D eigenvalue weighted by molar-refractivity contribution is 0.181. The fourth-order valence-corrected chi connectivity index (χ4v) is 4.34. The summed E-state index contributed by atoms with van der Waals surface area (Å²) in [6.45, 7) is 1.47. The maximum absolute atomic E-state index is 9.13. The molecular weight excluding hydrogens is 432 g/mol. The Bertz CT molecular complexity index is 1230. The minimum absolute atomic E-state index is 0.297. The topological polar surface area (TPSA) is 73.0 Å². The van der Waals surface area contributed by atoms with Crippen molar-refractivity contribution in [2.75, 3.05) is 13.7 Å². The lowest BCUT2D eigenvalue weighted by Gasteiger charge is -2.13. The second kappa shape index (κ2) is 11.3. The number of para-hydroxylation sites is 1. The number of thioether (sulfide) groups is 1. The summed E-state index contributed by atoms with van der Waals surface area (Å²) in [5.41, 5.74) is 3.85. The van der Waals surface area contributed by atoms with E-state index in [2.05, 4.69) is 34.5 Å². The number of aromatic nitrogens is 3. The van der Waals surface area contributed by atoms with E-state index in [-0.39, 0.29) is 0 Å². The largest absolute Gasteiger partial charge is 0.485 e. The average molecular weight is 457 g/mol. The molecule has 7 heteroatoms. The summed E-state index contributed by atoms with van der Waals surface area (Å²) in [7, 11) is 1.68. The van der Waals surface area contributed by atoms with Crippen LogP contribution in [0.15, 0.2) is 84.0 Å². The van der Waals surface area contributed by atoms with Crippen molar-refractivity contribution in [3.63, 3.8) is 0 Å². The van der Waals surface area contributed by atoms with Crippen molar-refractivity contribution >= 4 is 11.8 Å². The molecule has 0 radical (unpaired) electrons. The lowest BCUT2D eigenvalue weighted by atomic mass is 10.1. The smallest absolute Gasteiger partial charge is 0.191 e. The highest BCUT2D eigenvalue weighted by Gasteiger charge is 2.15. The number of hydrogen-bond donors (Lipinski definition) is 0. The number of nitriles is 1. The molecule has 166 valence electrons. The van der Waals surface area contributed by atoms with E-state index in [1.165, 1.54) is 0 Å². The molecule has 0 bridgehead atoms. The van der Waals surface area contributed by atoms with E-state index in [9.17, 15) is 0 Å². The van der Waals surface area contributed by atoms with Crippen LogP contribution in [0.25, 0.3) is 11.1 Å². The molecule has 0 amide bonds. The highest BCUT2D eigenvalue weighted by Crippen LogP contribution is 2.30. The van der Waals surface area contributed by atoms with E-state index in [0.717, 1.165) is 33.4 Å². The Balaban J connectivity index is 1.50. The summed E-state index contributed by atoms with van der Waals surface area (Å²) in [4.78, 5) is 0. The minimum Gasteiger partial charge on any atom is -0.485 e. The number of hydrogen-bond acceptors (Lipinski definition) is 6. The van der Waals surface area contributed by atoms with Gasteiger partial charge in [-0.05, 0) is 29.3 Å². The Kier molecular flexibility index (Phi) is 7.75. The van der Waals surface area contributed by atoms with Crippen molar-refractivity contribution in [1.82, 2.24) is 14.8 Å². The molecule has 0 fully saturated rings. The molecule has 0 aliphatic rings. The Morgan fingerprint density at radius 2 is 1.79 bits per heavy atom. The molecule has 0 spiro atoms. The van der Waals surface area contributed by atoms with Gasteiger partial charge in [-0.2, -0.15) is 5.26 Å². The summed E-state index contributed by atoms with van der Waals surface area (Å²) in [6, 6.07) is 28.0. The van der Waals surface area contributed by atoms with Crippen LogP contribution in [0.2, 0.25) is 0 Å². The zero-order valence-electron chi connectivity index (χ0n) is 18.3.